The molecule has 0 fully saturated rings. The number of hydrogen-bond donors (Lipinski definition) is 1. The largest absolute Gasteiger partial charge is 0.345 e. The van der Waals surface area contributed by atoms with E-state index in [1.165, 1.54) is 5.56 Å². The number of nitrogens with zero attached hydrogens (tertiary/aromatic N) is 3. The highest BCUT2D eigenvalue weighted by atomic mass is 32.1. The lowest BCUT2D eigenvalue weighted by Gasteiger charge is -2.18. The van der Waals surface area contributed by atoms with Gasteiger partial charge in [-0.3, -0.25) is 14.5 Å². The number of thiophene rings is 1. The zero-order chi connectivity index (χ0) is 16.2. The second kappa shape index (κ2) is 6.75. The number of amides is 1. The number of pyridine rings is 1. The van der Waals surface area contributed by atoms with Crippen molar-refractivity contribution in [2.75, 3.05) is 0 Å². The molecule has 3 aromatic heterocycles. The predicted molar refractivity (Wildman–Crippen MR) is 90.4 cm³/mol. The lowest BCUT2D eigenvalue weighted by molar-refractivity contribution is 0.0935. The minimum Gasteiger partial charge on any atom is -0.345 e. The molecule has 23 heavy (non-hydrogen) atoms. The van der Waals surface area contributed by atoms with E-state index in [1.807, 2.05) is 31.5 Å². The molecule has 3 aromatic rings. The Kier molecular flexibility index (Phi) is 4.52. The summed E-state index contributed by atoms with van der Waals surface area (Å²) in [5.74, 6) is -0.111. The van der Waals surface area contributed by atoms with Crippen LogP contribution in [0.3, 0.4) is 0 Å². The molecule has 1 amide bonds. The Balaban J connectivity index is 1.83. The summed E-state index contributed by atoms with van der Waals surface area (Å²) in [5.41, 5.74) is 3.65. The van der Waals surface area contributed by atoms with Crippen LogP contribution in [0.1, 0.15) is 33.2 Å². The molecular formula is C17H18N4OS. The van der Waals surface area contributed by atoms with E-state index in [2.05, 4.69) is 26.8 Å². The highest BCUT2D eigenvalue weighted by Gasteiger charge is 2.19. The zero-order valence-electron chi connectivity index (χ0n) is 13.1. The number of rotatable bonds is 5. The molecule has 6 heteroatoms. The summed E-state index contributed by atoms with van der Waals surface area (Å²) in [6.45, 7) is 1.89. The lowest BCUT2D eigenvalue weighted by Crippen LogP contribution is -2.30. The van der Waals surface area contributed by atoms with Crippen molar-refractivity contribution in [1.82, 2.24) is 20.1 Å². The second-order valence-corrected chi connectivity index (χ2v) is 6.20. The SMILES string of the molecule is Cc1c(C(=O)N[C@H](Cc2ccsc2)c2cccnc2)cnn1C. The van der Waals surface area contributed by atoms with Crippen LogP contribution in [0.25, 0.3) is 0 Å². The van der Waals surface area contributed by atoms with E-state index in [1.54, 1.807) is 34.6 Å². The predicted octanol–water partition coefficient (Wildman–Crippen LogP) is 2.90. The normalized spacial score (nSPS) is 12.1. The first-order valence-corrected chi connectivity index (χ1v) is 8.30. The molecule has 3 rings (SSSR count). The Bertz CT molecular complexity index is 780. The van der Waals surface area contributed by atoms with Crippen LogP contribution in [0.2, 0.25) is 0 Å². The van der Waals surface area contributed by atoms with E-state index in [0.717, 1.165) is 17.7 Å². The fourth-order valence-electron chi connectivity index (χ4n) is 2.44. The maximum absolute atomic E-state index is 12.6. The van der Waals surface area contributed by atoms with Crippen molar-refractivity contribution >= 4 is 17.2 Å². The van der Waals surface area contributed by atoms with E-state index < -0.39 is 0 Å². The fraction of sp³-hybridized carbons (Fsp3) is 0.235. The molecule has 0 aliphatic carbocycles. The van der Waals surface area contributed by atoms with Gasteiger partial charge < -0.3 is 5.32 Å². The van der Waals surface area contributed by atoms with E-state index in [-0.39, 0.29) is 11.9 Å². The van der Waals surface area contributed by atoms with Crippen LogP contribution >= 0.6 is 11.3 Å². The van der Waals surface area contributed by atoms with Crippen LogP contribution in [-0.4, -0.2) is 20.7 Å². The Hall–Kier alpha value is -2.47. The highest BCUT2D eigenvalue weighted by Crippen LogP contribution is 2.20. The third-order valence-electron chi connectivity index (χ3n) is 3.89. The summed E-state index contributed by atoms with van der Waals surface area (Å²) in [6.07, 6.45) is 5.88. The van der Waals surface area contributed by atoms with E-state index in [0.29, 0.717) is 5.56 Å². The topological polar surface area (TPSA) is 59.8 Å². The number of carbonyl (C=O) groups excluding carboxylic acids is 1. The molecule has 0 bridgehead atoms. The molecule has 0 spiro atoms. The third kappa shape index (κ3) is 3.48. The summed E-state index contributed by atoms with van der Waals surface area (Å²) in [5, 5.41) is 11.4. The van der Waals surface area contributed by atoms with Crippen molar-refractivity contribution in [3.05, 3.63) is 69.9 Å². The molecule has 0 radical (unpaired) electrons. The van der Waals surface area contributed by atoms with Crippen LogP contribution in [0, 0.1) is 6.92 Å². The van der Waals surface area contributed by atoms with Crippen LogP contribution < -0.4 is 5.32 Å². The van der Waals surface area contributed by atoms with Gasteiger partial charge in [0.05, 0.1) is 17.8 Å². The van der Waals surface area contributed by atoms with Gasteiger partial charge in [-0.15, -0.1) is 0 Å². The van der Waals surface area contributed by atoms with Gasteiger partial charge in [0.1, 0.15) is 0 Å². The summed E-state index contributed by atoms with van der Waals surface area (Å²) < 4.78 is 1.70. The van der Waals surface area contributed by atoms with Gasteiger partial charge in [0.15, 0.2) is 0 Å². The first kappa shape index (κ1) is 15.4. The number of aryl methyl sites for hydroxylation is 1. The monoisotopic (exact) mass is 326 g/mol. The maximum atomic E-state index is 12.6. The van der Waals surface area contributed by atoms with Crippen molar-refractivity contribution in [2.24, 2.45) is 7.05 Å². The minimum absolute atomic E-state index is 0.111. The Morgan fingerprint density at radius 3 is 2.87 bits per heavy atom. The molecule has 0 saturated carbocycles. The molecule has 0 unspecified atom stereocenters. The van der Waals surface area contributed by atoms with Crippen molar-refractivity contribution in [3.63, 3.8) is 0 Å². The van der Waals surface area contributed by atoms with Crippen molar-refractivity contribution < 1.29 is 4.79 Å². The average molecular weight is 326 g/mol. The maximum Gasteiger partial charge on any atom is 0.255 e. The molecule has 0 aromatic carbocycles. The molecule has 0 aliphatic rings. The van der Waals surface area contributed by atoms with Gasteiger partial charge in [-0.1, -0.05) is 6.07 Å². The van der Waals surface area contributed by atoms with Crippen LogP contribution in [-0.2, 0) is 13.5 Å². The van der Waals surface area contributed by atoms with Crippen molar-refractivity contribution in [2.45, 2.75) is 19.4 Å². The van der Waals surface area contributed by atoms with Crippen LogP contribution in [0.4, 0.5) is 0 Å². The van der Waals surface area contributed by atoms with E-state index in [9.17, 15) is 4.79 Å². The summed E-state index contributed by atoms with van der Waals surface area (Å²) in [4.78, 5) is 16.8. The van der Waals surface area contributed by atoms with Crippen molar-refractivity contribution in [3.8, 4) is 0 Å². The quantitative estimate of drug-likeness (QED) is 0.784. The van der Waals surface area contributed by atoms with Gasteiger partial charge in [0, 0.05) is 25.1 Å². The van der Waals surface area contributed by atoms with Gasteiger partial charge >= 0.3 is 0 Å². The molecule has 3 heterocycles. The Labute approximate surface area is 139 Å². The van der Waals surface area contributed by atoms with Crippen LogP contribution in [0.15, 0.2) is 47.5 Å². The smallest absolute Gasteiger partial charge is 0.255 e. The number of hydrogen-bond acceptors (Lipinski definition) is 4. The minimum atomic E-state index is -0.120. The molecule has 1 N–H and O–H groups in total. The summed E-state index contributed by atoms with van der Waals surface area (Å²) in [6, 6.07) is 5.83. The summed E-state index contributed by atoms with van der Waals surface area (Å²) >= 11 is 1.66. The van der Waals surface area contributed by atoms with Crippen LogP contribution in [0.5, 0.6) is 0 Å². The second-order valence-electron chi connectivity index (χ2n) is 5.42. The fourth-order valence-corrected chi connectivity index (χ4v) is 3.12. The van der Waals surface area contributed by atoms with Gasteiger partial charge in [-0.2, -0.15) is 16.4 Å². The standard InChI is InChI=1S/C17H18N4OS/c1-12-15(10-19-21(12)2)17(22)20-16(8-13-5-7-23-11-13)14-4-3-6-18-9-14/h3-7,9-11,16H,8H2,1-2H3,(H,20,22)/t16-/m1/s1. The molecule has 118 valence electrons. The third-order valence-corrected chi connectivity index (χ3v) is 4.62. The van der Waals surface area contributed by atoms with E-state index in [4.69, 9.17) is 0 Å². The van der Waals surface area contributed by atoms with Crippen molar-refractivity contribution in [1.29, 1.82) is 0 Å². The average Bonchev–Trinajstić information content (AvgIpc) is 3.18. The highest BCUT2D eigenvalue weighted by molar-refractivity contribution is 7.07. The number of aromatic nitrogens is 3. The number of carbonyl (C=O) groups is 1. The first-order valence-electron chi connectivity index (χ1n) is 7.35. The van der Waals surface area contributed by atoms with Gasteiger partial charge in [0.25, 0.3) is 5.91 Å². The first-order chi connectivity index (χ1) is 11.1. The molecule has 5 nitrogen and oxygen atoms in total. The zero-order valence-corrected chi connectivity index (χ0v) is 13.9. The Morgan fingerprint density at radius 2 is 2.26 bits per heavy atom. The molecule has 0 saturated heterocycles. The molecule has 1 atom stereocenters. The molecule has 0 aliphatic heterocycles. The lowest BCUT2D eigenvalue weighted by atomic mass is 10.0. The molecular weight excluding hydrogens is 308 g/mol. The number of nitrogens with one attached hydrogen (secondary N) is 1. The van der Waals surface area contributed by atoms with Gasteiger partial charge in [-0.05, 0) is 47.4 Å². The summed E-state index contributed by atoms with van der Waals surface area (Å²) in [7, 11) is 1.83. The van der Waals surface area contributed by atoms with E-state index >= 15 is 0 Å². The Morgan fingerprint density at radius 1 is 1.39 bits per heavy atom. The van der Waals surface area contributed by atoms with Gasteiger partial charge in [-0.25, -0.2) is 0 Å². The van der Waals surface area contributed by atoms with Gasteiger partial charge in [0.2, 0.25) is 0 Å².